The number of pyridine rings is 1. The number of anilines is 2. The fraction of sp³-hybridized carbons (Fsp3) is 0.231. The largest absolute Gasteiger partial charge is 0.491 e. The number of hydrogen-bond donors (Lipinski definition) is 3. The summed E-state index contributed by atoms with van der Waals surface area (Å²) >= 11 is 0. The quantitative estimate of drug-likeness (QED) is 0.136. The van der Waals surface area contributed by atoms with Crippen LogP contribution in [0, 0.1) is 0 Å². The normalized spacial score (nSPS) is 16.7. The van der Waals surface area contributed by atoms with Crippen molar-refractivity contribution in [2.24, 2.45) is 0 Å². The summed E-state index contributed by atoms with van der Waals surface area (Å²) in [4.78, 5) is 17.8. The highest BCUT2D eigenvalue weighted by Gasteiger charge is 2.24. The van der Waals surface area contributed by atoms with Crippen LogP contribution in [-0.4, -0.2) is 48.8 Å². The van der Waals surface area contributed by atoms with E-state index in [1.54, 1.807) is 12.4 Å². The van der Waals surface area contributed by atoms with Crippen LogP contribution in [0.1, 0.15) is 17.5 Å². The van der Waals surface area contributed by atoms with E-state index < -0.39 is 6.04 Å². The van der Waals surface area contributed by atoms with Crippen LogP contribution < -0.4 is 20.7 Å². The van der Waals surface area contributed by atoms with E-state index in [1.165, 1.54) is 0 Å². The summed E-state index contributed by atoms with van der Waals surface area (Å²) in [6.07, 6.45) is 5.78. The molecule has 0 spiro atoms. The van der Waals surface area contributed by atoms with E-state index in [0.29, 0.717) is 13.0 Å². The highest BCUT2D eigenvalue weighted by Crippen LogP contribution is 2.23. The van der Waals surface area contributed by atoms with Gasteiger partial charge in [-0.3, -0.25) is 9.78 Å². The molecule has 3 N–H and O–H groups in total. The second-order valence-electron chi connectivity index (χ2n) is 11.5. The van der Waals surface area contributed by atoms with Gasteiger partial charge in [-0.2, -0.15) is 0 Å². The molecule has 3 atom stereocenters. The van der Waals surface area contributed by atoms with Crippen LogP contribution in [-0.2, 0) is 22.4 Å². The Kier molecular flexibility index (Phi) is 10.7. The third-order valence-electron chi connectivity index (χ3n) is 8.16. The molecule has 0 unspecified atom stereocenters. The zero-order chi connectivity index (χ0) is 31.4. The fourth-order valence-corrected chi connectivity index (χ4v) is 5.71. The molecule has 0 radical (unpaired) electrons. The number of hydrogen-bond acceptors (Lipinski definition) is 6. The lowest BCUT2D eigenvalue weighted by Crippen LogP contribution is -2.47. The van der Waals surface area contributed by atoms with Gasteiger partial charge in [0, 0.05) is 43.3 Å². The Bertz CT molecular complexity index is 1610. The number of rotatable bonds is 13. The minimum atomic E-state index is -0.434. The first kappa shape index (κ1) is 31.0. The molecule has 234 valence electrons. The Balaban J connectivity index is 1.03. The minimum Gasteiger partial charge on any atom is -0.491 e. The van der Waals surface area contributed by atoms with Crippen LogP contribution in [0.3, 0.4) is 0 Å². The van der Waals surface area contributed by atoms with Gasteiger partial charge < -0.3 is 25.4 Å². The summed E-state index contributed by atoms with van der Waals surface area (Å²) < 4.78 is 12.5. The molecular weight excluding hydrogens is 572 g/mol. The summed E-state index contributed by atoms with van der Waals surface area (Å²) in [7, 11) is 0. The highest BCUT2D eigenvalue weighted by atomic mass is 16.5. The van der Waals surface area contributed by atoms with Gasteiger partial charge in [0.1, 0.15) is 24.5 Å². The lowest BCUT2D eigenvalue weighted by molar-refractivity contribution is -0.116. The molecular formula is C39H40N4O3. The third kappa shape index (κ3) is 8.81. The van der Waals surface area contributed by atoms with Crippen LogP contribution in [0.2, 0.25) is 0 Å². The topological polar surface area (TPSA) is 84.5 Å². The van der Waals surface area contributed by atoms with Crippen molar-refractivity contribution in [2.75, 3.05) is 30.3 Å². The van der Waals surface area contributed by atoms with Gasteiger partial charge in [0.15, 0.2) is 0 Å². The van der Waals surface area contributed by atoms with Crippen molar-refractivity contribution < 1.29 is 14.3 Å². The average molecular weight is 613 g/mol. The highest BCUT2D eigenvalue weighted by molar-refractivity contribution is 5.97. The number of nitrogens with zero attached hydrogens (tertiary/aromatic N) is 1. The van der Waals surface area contributed by atoms with Crippen molar-refractivity contribution in [3.05, 3.63) is 145 Å². The lowest BCUT2D eigenvalue weighted by Gasteiger charge is -2.31. The van der Waals surface area contributed by atoms with Crippen molar-refractivity contribution in [3.8, 4) is 16.9 Å². The van der Waals surface area contributed by atoms with E-state index in [0.717, 1.165) is 65.3 Å². The molecule has 1 aromatic heterocycles. The summed E-state index contributed by atoms with van der Waals surface area (Å²) in [6, 6.07) is 39.7. The van der Waals surface area contributed by atoms with Gasteiger partial charge in [-0.05, 0) is 77.6 Å². The molecule has 2 heterocycles. The number of para-hydroxylation sites is 2. The SMILES string of the molecule is O=C(Nc1ccccc1CC[C@@H]1CNC[C@@H](COc2ccc(-c3ccncc3)cc2)O1)[C@H](Cc1ccccc1)Nc1ccccc1. The first-order valence-electron chi connectivity index (χ1n) is 15.9. The molecule has 46 heavy (non-hydrogen) atoms. The van der Waals surface area contributed by atoms with E-state index in [2.05, 4.69) is 51.3 Å². The van der Waals surface area contributed by atoms with Crippen LogP contribution in [0.5, 0.6) is 5.75 Å². The van der Waals surface area contributed by atoms with Gasteiger partial charge in [-0.1, -0.05) is 78.9 Å². The maximum Gasteiger partial charge on any atom is 0.247 e. The van der Waals surface area contributed by atoms with E-state index in [-0.39, 0.29) is 18.1 Å². The lowest BCUT2D eigenvalue weighted by atomic mass is 10.0. The van der Waals surface area contributed by atoms with E-state index in [4.69, 9.17) is 9.47 Å². The summed E-state index contributed by atoms with van der Waals surface area (Å²) in [5, 5.41) is 10.2. The van der Waals surface area contributed by atoms with Gasteiger partial charge in [0.25, 0.3) is 0 Å². The molecule has 0 saturated carbocycles. The molecule has 1 fully saturated rings. The Hall–Kier alpha value is -4.98. The summed E-state index contributed by atoms with van der Waals surface area (Å²) in [5.41, 5.74) is 6.18. The van der Waals surface area contributed by atoms with Gasteiger partial charge >= 0.3 is 0 Å². The van der Waals surface area contributed by atoms with E-state index in [1.807, 2.05) is 91.0 Å². The number of aryl methyl sites for hydroxylation is 1. The number of ether oxygens (including phenoxy) is 2. The number of carbonyl (C=O) groups is 1. The number of aromatic nitrogens is 1. The fourth-order valence-electron chi connectivity index (χ4n) is 5.71. The Morgan fingerprint density at radius 3 is 2.26 bits per heavy atom. The molecule has 1 saturated heterocycles. The third-order valence-corrected chi connectivity index (χ3v) is 8.16. The minimum absolute atomic E-state index is 0.0450. The standard InChI is InChI=1S/C39H40N4O3/c44-39(38(25-29-9-3-1-4-10-29)42-33-12-5-2-6-13-33)43-37-14-8-7-11-32(37)17-20-35-26-41-27-36(46-35)28-45-34-18-15-30(16-19-34)31-21-23-40-24-22-31/h1-16,18-19,21-24,35-36,38,41-42H,17,20,25-28H2,(H,43,44)/t35-,36+,38+/m1/s1. The van der Waals surface area contributed by atoms with Crippen LogP contribution >= 0.6 is 0 Å². The maximum absolute atomic E-state index is 13.7. The predicted octanol–water partition coefficient (Wildman–Crippen LogP) is 6.78. The molecule has 5 aromatic rings. The molecule has 7 heteroatoms. The number of morpholine rings is 1. The van der Waals surface area contributed by atoms with Crippen LogP contribution in [0.4, 0.5) is 11.4 Å². The maximum atomic E-state index is 13.7. The molecule has 1 aliphatic heterocycles. The van der Waals surface area contributed by atoms with Crippen molar-refractivity contribution in [1.82, 2.24) is 10.3 Å². The number of benzene rings is 4. The van der Waals surface area contributed by atoms with Gasteiger partial charge in [0.05, 0.1) is 6.10 Å². The predicted molar refractivity (Wildman–Crippen MR) is 184 cm³/mol. The smallest absolute Gasteiger partial charge is 0.247 e. The summed E-state index contributed by atoms with van der Waals surface area (Å²) in [6.45, 7) is 2.00. The Morgan fingerprint density at radius 2 is 1.48 bits per heavy atom. The zero-order valence-electron chi connectivity index (χ0n) is 25.8. The zero-order valence-corrected chi connectivity index (χ0v) is 25.8. The molecule has 7 nitrogen and oxygen atoms in total. The molecule has 6 rings (SSSR count). The second kappa shape index (κ2) is 15.8. The van der Waals surface area contributed by atoms with Crippen LogP contribution in [0.25, 0.3) is 11.1 Å². The summed E-state index contributed by atoms with van der Waals surface area (Å²) in [5.74, 6) is 0.752. The molecule has 0 aliphatic carbocycles. The van der Waals surface area contributed by atoms with E-state index >= 15 is 0 Å². The van der Waals surface area contributed by atoms with Crippen LogP contribution in [0.15, 0.2) is 134 Å². The second-order valence-corrected chi connectivity index (χ2v) is 11.5. The molecule has 0 bridgehead atoms. The molecule has 4 aromatic carbocycles. The van der Waals surface area contributed by atoms with Gasteiger partial charge in [0.2, 0.25) is 5.91 Å². The average Bonchev–Trinajstić information content (AvgIpc) is 3.12. The molecule has 1 amide bonds. The van der Waals surface area contributed by atoms with Crippen molar-refractivity contribution in [1.29, 1.82) is 0 Å². The number of nitrogens with one attached hydrogen (secondary N) is 3. The first-order chi connectivity index (χ1) is 22.7. The number of amides is 1. The van der Waals surface area contributed by atoms with Crippen molar-refractivity contribution in [3.63, 3.8) is 0 Å². The number of carbonyl (C=O) groups excluding carboxylic acids is 1. The molecule has 1 aliphatic rings. The van der Waals surface area contributed by atoms with Gasteiger partial charge in [-0.25, -0.2) is 0 Å². The van der Waals surface area contributed by atoms with Gasteiger partial charge in [-0.15, -0.1) is 0 Å². The van der Waals surface area contributed by atoms with Crippen molar-refractivity contribution >= 4 is 17.3 Å². The first-order valence-corrected chi connectivity index (χ1v) is 15.9. The van der Waals surface area contributed by atoms with E-state index in [9.17, 15) is 4.79 Å². The Morgan fingerprint density at radius 1 is 0.804 bits per heavy atom. The monoisotopic (exact) mass is 612 g/mol. The Labute approximate surface area is 271 Å². The van der Waals surface area contributed by atoms with Crippen molar-refractivity contribution in [2.45, 2.75) is 37.5 Å².